The third kappa shape index (κ3) is 3.75. The van der Waals surface area contributed by atoms with Crippen molar-refractivity contribution in [1.82, 2.24) is 0 Å². The minimum absolute atomic E-state index is 0.186. The van der Waals surface area contributed by atoms with E-state index in [1.165, 1.54) is 6.92 Å². The molecule has 3 heteroatoms. The molecular weight excluding hydrogens is 270 g/mol. The van der Waals surface area contributed by atoms with Crippen LogP contribution in [-0.2, 0) is 4.79 Å². The highest BCUT2D eigenvalue weighted by molar-refractivity contribution is 5.86. The molecular formula is C18H18F2O. The summed E-state index contributed by atoms with van der Waals surface area (Å²) < 4.78 is 27.2. The average molecular weight is 288 g/mol. The maximum atomic E-state index is 13.6. The van der Waals surface area contributed by atoms with Crippen molar-refractivity contribution < 1.29 is 13.6 Å². The van der Waals surface area contributed by atoms with Crippen LogP contribution in [0.15, 0.2) is 60.7 Å². The smallest absolute Gasteiger partial charge is 0.293 e. The van der Waals surface area contributed by atoms with Crippen molar-refractivity contribution in [1.29, 1.82) is 0 Å². The van der Waals surface area contributed by atoms with E-state index in [-0.39, 0.29) is 12.3 Å². The minimum atomic E-state index is -3.25. The monoisotopic (exact) mass is 288 g/mol. The van der Waals surface area contributed by atoms with Crippen molar-refractivity contribution in [2.75, 3.05) is 0 Å². The van der Waals surface area contributed by atoms with Crippen molar-refractivity contribution in [2.45, 2.75) is 31.6 Å². The summed E-state index contributed by atoms with van der Waals surface area (Å²) in [5.74, 6) is -4.58. The maximum absolute atomic E-state index is 13.6. The van der Waals surface area contributed by atoms with Crippen molar-refractivity contribution in [2.24, 2.45) is 0 Å². The first-order valence-corrected chi connectivity index (χ1v) is 7.05. The fourth-order valence-electron chi connectivity index (χ4n) is 2.33. The van der Waals surface area contributed by atoms with Crippen molar-refractivity contribution in [3.63, 3.8) is 0 Å². The standard InChI is InChI=1S/C18H18F2O/c1-2-18(19,20)17(21)13-16(14-9-5-3-6-10-14)15-11-7-4-8-12-15/h3-12,16H,2,13H2,1H3. The van der Waals surface area contributed by atoms with E-state index in [4.69, 9.17) is 0 Å². The summed E-state index contributed by atoms with van der Waals surface area (Å²) in [6.45, 7) is 1.33. The lowest BCUT2D eigenvalue weighted by atomic mass is 9.86. The Hall–Kier alpha value is -2.03. The molecule has 0 aliphatic carbocycles. The highest BCUT2D eigenvalue weighted by atomic mass is 19.3. The van der Waals surface area contributed by atoms with E-state index in [1.54, 1.807) is 0 Å². The number of hydrogen-bond donors (Lipinski definition) is 0. The first-order valence-electron chi connectivity index (χ1n) is 7.05. The van der Waals surface area contributed by atoms with E-state index in [9.17, 15) is 13.6 Å². The Morgan fingerprint density at radius 2 is 1.38 bits per heavy atom. The van der Waals surface area contributed by atoms with Gasteiger partial charge in [-0.15, -0.1) is 0 Å². The van der Waals surface area contributed by atoms with E-state index >= 15 is 0 Å². The number of hydrogen-bond acceptors (Lipinski definition) is 1. The molecule has 2 aromatic carbocycles. The largest absolute Gasteiger partial charge is 0.305 e. The first kappa shape index (κ1) is 15.4. The number of carbonyl (C=O) groups excluding carboxylic acids is 1. The molecule has 0 unspecified atom stereocenters. The number of benzene rings is 2. The third-order valence-electron chi connectivity index (χ3n) is 3.65. The summed E-state index contributed by atoms with van der Waals surface area (Å²) >= 11 is 0. The second-order valence-corrected chi connectivity index (χ2v) is 5.06. The van der Waals surface area contributed by atoms with Gasteiger partial charge in [-0.25, -0.2) is 0 Å². The molecule has 2 aromatic rings. The Balaban J connectivity index is 2.32. The van der Waals surface area contributed by atoms with Gasteiger partial charge in [-0.2, -0.15) is 8.78 Å². The zero-order chi connectivity index (χ0) is 15.3. The quantitative estimate of drug-likeness (QED) is 0.744. The van der Waals surface area contributed by atoms with E-state index in [2.05, 4.69) is 0 Å². The molecule has 0 aliphatic heterocycles. The Kier molecular flexibility index (Phi) is 4.84. The minimum Gasteiger partial charge on any atom is -0.293 e. The van der Waals surface area contributed by atoms with Gasteiger partial charge in [0.2, 0.25) is 5.78 Å². The predicted octanol–water partition coefficient (Wildman–Crippen LogP) is 4.82. The molecule has 0 spiro atoms. The van der Waals surface area contributed by atoms with Crippen LogP contribution in [0.3, 0.4) is 0 Å². The molecule has 0 N–H and O–H groups in total. The number of carbonyl (C=O) groups is 1. The third-order valence-corrected chi connectivity index (χ3v) is 3.65. The molecule has 0 aliphatic rings. The molecule has 21 heavy (non-hydrogen) atoms. The molecule has 110 valence electrons. The van der Waals surface area contributed by atoms with Crippen LogP contribution in [0.5, 0.6) is 0 Å². The van der Waals surface area contributed by atoms with Gasteiger partial charge in [0.25, 0.3) is 0 Å². The molecule has 0 bridgehead atoms. The molecule has 0 radical (unpaired) electrons. The Morgan fingerprint density at radius 3 is 1.76 bits per heavy atom. The summed E-state index contributed by atoms with van der Waals surface area (Å²) in [6, 6.07) is 18.6. The first-order chi connectivity index (χ1) is 10.0. The summed E-state index contributed by atoms with van der Waals surface area (Å²) in [6.07, 6.45) is -0.642. The van der Waals surface area contributed by atoms with Gasteiger partial charge in [0.05, 0.1) is 0 Å². The molecule has 0 atom stereocenters. The number of Topliss-reactive ketones (excluding diaryl/α,β-unsaturated/α-hetero) is 1. The molecule has 0 heterocycles. The van der Waals surface area contributed by atoms with Crippen LogP contribution in [0.25, 0.3) is 0 Å². The van der Waals surface area contributed by atoms with Crippen LogP contribution < -0.4 is 0 Å². The van der Waals surface area contributed by atoms with Gasteiger partial charge in [-0.05, 0) is 11.1 Å². The van der Waals surface area contributed by atoms with Gasteiger partial charge in [0.15, 0.2) is 0 Å². The SMILES string of the molecule is CCC(F)(F)C(=O)CC(c1ccccc1)c1ccccc1. The van der Waals surface area contributed by atoms with Crippen LogP contribution in [0, 0.1) is 0 Å². The topological polar surface area (TPSA) is 17.1 Å². The van der Waals surface area contributed by atoms with Crippen LogP contribution in [0.4, 0.5) is 8.78 Å². The van der Waals surface area contributed by atoms with Crippen LogP contribution >= 0.6 is 0 Å². The maximum Gasteiger partial charge on any atom is 0.305 e. The van der Waals surface area contributed by atoms with E-state index in [1.807, 2.05) is 60.7 Å². The lowest BCUT2D eigenvalue weighted by Crippen LogP contribution is -2.29. The van der Waals surface area contributed by atoms with Crippen LogP contribution in [0.2, 0.25) is 0 Å². The number of alkyl halides is 2. The predicted molar refractivity (Wildman–Crippen MR) is 79.6 cm³/mol. The zero-order valence-corrected chi connectivity index (χ0v) is 11.9. The second-order valence-electron chi connectivity index (χ2n) is 5.06. The van der Waals surface area contributed by atoms with Crippen LogP contribution in [-0.4, -0.2) is 11.7 Å². The summed E-state index contributed by atoms with van der Waals surface area (Å²) in [5, 5.41) is 0. The Labute approximate surface area is 123 Å². The number of rotatable bonds is 6. The Morgan fingerprint density at radius 1 is 0.952 bits per heavy atom. The normalized spacial score (nSPS) is 11.6. The summed E-state index contributed by atoms with van der Waals surface area (Å²) in [7, 11) is 0. The Bertz CT molecular complexity index is 539. The van der Waals surface area contributed by atoms with Crippen molar-refractivity contribution in [3.05, 3.63) is 71.8 Å². The fraction of sp³-hybridized carbons (Fsp3) is 0.278. The molecule has 1 nitrogen and oxygen atoms in total. The molecule has 0 amide bonds. The van der Waals surface area contributed by atoms with E-state index < -0.39 is 18.1 Å². The van der Waals surface area contributed by atoms with Gasteiger partial charge in [0, 0.05) is 18.8 Å². The average Bonchev–Trinajstić information content (AvgIpc) is 2.54. The number of halogens is 2. The van der Waals surface area contributed by atoms with Gasteiger partial charge in [-0.1, -0.05) is 67.6 Å². The number of ketones is 1. The van der Waals surface area contributed by atoms with Gasteiger partial charge >= 0.3 is 5.92 Å². The summed E-state index contributed by atoms with van der Waals surface area (Å²) in [4.78, 5) is 11.9. The van der Waals surface area contributed by atoms with Gasteiger partial charge in [-0.3, -0.25) is 4.79 Å². The van der Waals surface area contributed by atoms with E-state index in [0.717, 1.165) is 11.1 Å². The lowest BCUT2D eigenvalue weighted by molar-refractivity contribution is -0.143. The van der Waals surface area contributed by atoms with E-state index in [0.29, 0.717) is 0 Å². The highest BCUT2D eigenvalue weighted by Gasteiger charge is 2.37. The van der Waals surface area contributed by atoms with Crippen molar-refractivity contribution >= 4 is 5.78 Å². The molecule has 0 saturated carbocycles. The second kappa shape index (κ2) is 6.61. The highest BCUT2D eigenvalue weighted by Crippen LogP contribution is 2.32. The van der Waals surface area contributed by atoms with Crippen molar-refractivity contribution in [3.8, 4) is 0 Å². The molecule has 0 fully saturated rings. The molecule has 0 aromatic heterocycles. The lowest BCUT2D eigenvalue weighted by Gasteiger charge is -2.20. The zero-order valence-electron chi connectivity index (χ0n) is 11.9. The van der Waals surface area contributed by atoms with Crippen LogP contribution in [0.1, 0.15) is 36.8 Å². The molecule has 2 rings (SSSR count). The van der Waals surface area contributed by atoms with Gasteiger partial charge in [0.1, 0.15) is 0 Å². The summed E-state index contributed by atoms with van der Waals surface area (Å²) in [5.41, 5.74) is 1.76. The fourth-order valence-corrected chi connectivity index (χ4v) is 2.33. The van der Waals surface area contributed by atoms with Gasteiger partial charge < -0.3 is 0 Å². The molecule has 0 saturated heterocycles.